The summed E-state index contributed by atoms with van der Waals surface area (Å²) in [5.41, 5.74) is -0.204. The molecule has 1 aliphatic heterocycles. The second-order valence-electron chi connectivity index (χ2n) is 8.29. The number of imide groups is 1. The van der Waals surface area contributed by atoms with Crippen molar-refractivity contribution in [1.29, 1.82) is 0 Å². The molecular weight excluding hydrogens is 460 g/mol. The Hall–Kier alpha value is -4.28. The highest BCUT2D eigenvalue weighted by Gasteiger charge is 2.49. The maximum absolute atomic E-state index is 14.1. The zero-order chi connectivity index (χ0) is 25.3. The molecule has 0 saturated carbocycles. The zero-order valence-corrected chi connectivity index (χ0v) is 19.3. The van der Waals surface area contributed by atoms with Gasteiger partial charge in [-0.1, -0.05) is 12.1 Å². The van der Waals surface area contributed by atoms with Crippen LogP contribution in [0, 0.1) is 18.6 Å². The third-order valence-corrected chi connectivity index (χ3v) is 5.85. The van der Waals surface area contributed by atoms with Crippen LogP contribution < -0.4 is 15.4 Å². The number of hydrogen-bond acceptors (Lipinski definition) is 5. The minimum atomic E-state index is -1.35. The fraction of sp³-hybridized carbons (Fsp3) is 0.250. The summed E-state index contributed by atoms with van der Waals surface area (Å²) in [5, 5.41) is 9.37. The molecule has 0 radical (unpaired) electrons. The quantitative estimate of drug-likeness (QED) is 0.503. The summed E-state index contributed by atoms with van der Waals surface area (Å²) in [4.78, 5) is 39.3. The average molecular weight is 483 g/mol. The molecule has 1 atom stereocenters. The molecule has 9 nitrogen and oxygen atoms in total. The summed E-state index contributed by atoms with van der Waals surface area (Å²) in [5.74, 6) is -1.63. The number of nitrogens with one attached hydrogen (secondary N) is 2. The molecule has 0 bridgehead atoms. The van der Waals surface area contributed by atoms with E-state index in [1.165, 1.54) is 18.0 Å². The minimum absolute atomic E-state index is 0.0490. The first-order valence-corrected chi connectivity index (χ1v) is 10.7. The maximum Gasteiger partial charge on any atom is 0.325 e. The van der Waals surface area contributed by atoms with Gasteiger partial charge >= 0.3 is 6.03 Å². The van der Waals surface area contributed by atoms with Crippen molar-refractivity contribution in [2.24, 2.45) is 0 Å². The Balaban J connectivity index is 1.49. The SMILES string of the molecule is COc1ccc(C2(C)NC(=O)N(CC(=O)Nc3c(C)cnn3Cc3cc(F)ccc3F)C2=O)cc1. The van der Waals surface area contributed by atoms with Gasteiger partial charge in [-0.3, -0.25) is 14.5 Å². The van der Waals surface area contributed by atoms with E-state index in [1.54, 1.807) is 38.1 Å². The van der Waals surface area contributed by atoms with Gasteiger partial charge in [0.15, 0.2) is 0 Å². The molecule has 1 saturated heterocycles. The number of urea groups is 1. The lowest BCUT2D eigenvalue weighted by Crippen LogP contribution is -2.42. The van der Waals surface area contributed by atoms with E-state index in [2.05, 4.69) is 15.7 Å². The number of rotatable bonds is 7. The Labute approximate surface area is 199 Å². The number of carbonyl (C=O) groups excluding carboxylic acids is 3. The molecule has 35 heavy (non-hydrogen) atoms. The molecule has 2 N–H and O–H groups in total. The van der Waals surface area contributed by atoms with Crippen LogP contribution in [0.5, 0.6) is 5.75 Å². The van der Waals surface area contributed by atoms with Crippen molar-refractivity contribution >= 4 is 23.7 Å². The van der Waals surface area contributed by atoms with Crippen LogP contribution in [0.2, 0.25) is 0 Å². The van der Waals surface area contributed by atoms with Crippen molar-refractivity contribution in [2.45, 2.75) is 25.9 Å². The number of aryl methyl sites for hydroxylation is 1. The number of ether oxygens (including phenoxy) is 1. The zero-order valence-electron chi connectivity index (χ0n) is 19.3. The second kappa shape index (κ2) is 9.16. The normalized spacial score (nSPS) is 17.5. The molecule has 2 aromatic carbocycles. The number of benzene rings is 2. The van der Waals surface area contributed by atoms with Crippen LogP contribution in [0.25, 0.3) is 0 Å². The second-order valence-corrected chi connectivity index (χ2v) is 8.29. The lowest BCUT2D eigenvalue weighted by Gasteiger charge is -2.22. The third kappa shape index (κ3) is 4.57. The molecule has 2 heterocycles. The minimum Gasteiger partial charge on any atom is -0.497 e. The number of methoxy groups -OCH3 is 1. The first-order valence-electron chi connectivity index (χ1n) is 10.7. The predicted molar refractivity (Wildman–Crippen MR) is 122 cm³/mol. The Morgan fingerprint density at radius 1 is 1.17 bits per heavy atom. The monoisotopic (exact) mass is 483 g/mol. The Morgan fingerprint density at radius 2 is 1.89 bits per heavy atom. The highest BCUT2D eigenvalue weighted by molar-refractivity contribution is 6.10. The van der Waals surface area contributed by atoms with E-state index in [-0.39, 0.29) is 17.9 Å². The van der Waals surface area contributed by atoms with Crippen LogP contribution in [0.15, 0.2) is 48.7 Å². The van der Waals surface area contributed by atoms with E-state index in [1.807, 2.05) is 0 Å². The Morgan fingerprint density at radius 3 is 2.57 bits per heavy atom. The van der Waals surface area contributed by atoms with E-state index in [4.69, 9.17) is 4.74 Å². The van der Waals surface area contributed by atoms with Crippen molar-refractivity contribution in [2.75, 3.05) is 19.0 Å². The van der Waals surface area contributed by atoms with Crippen LogP contribution in [0.1, 0.15) is 23.6 Å². The largest absolute Gasteiger partial charge is 0.497 e. The molecule has 11 heteroatoms. The van der Waals surface area contributed by atoms with E-state index in [0.717, 1.165) is 23.1 Å². The summed E-state index contributed by atoms with van der Waals surface area (Å²) in [6, 6.07) is 9.01. The maximum atomic E-state index is 14.1. The lowest BCUT2D eigenvalue weighted by atomic mass is 9.92. The van der Waals surface area contributed by atoms with Gasteiger partial charge in [0.2, 0.25) is 5.91 Å². The number of anilines is 1. The van der Waals surface area contributed by atoms with Gasteiger partial charge in [0.05, 0.1) is 19.9 Å². The van der Waals surface area contributed by atoms with Crippen molar-refractivity contribution in [3.8, 4) is 5.75 Å². The highest BCUT2D eigenvalue weighted by atomic mass is 19.1. The number of nitrogens with zero attached hydrogens (tertiary/aromatic N) is 3. The fourth-order valence-corrected chi connectivity index (χ4v) is 3.86. The topological polar surface area (TPSA) is 106 Å². The van der Waals surface area contributed by atoms with Crippen LogP contribution in [-0.4, -0.2) is 46.2 Å². The van der Waals surface area contributed by atoms with E-state index < -0.39 is 41.6 Å². The summed E-state index contributed by atoms with van der Waals surface area (Å²) in [6.07, 6.45) is 1.46. The number of aromatic nitrogens is 2. The van der Waals surface area contributed by atoms with Gasteiger partial charge in [0.1, 0.15) is 35.3 Å². The first kappa shape index (κ1) is 23.9. The van der Waals surface area contributed by atoms with Crippen LogP contribution >= 0.6 is 0 Å². The van der Waals surface area contributed by atoms with Gasteiger partial charge in [0.25, 0.3) is 5.91 Å². The molecule has 3 aromatic rings. The van der Waals surface area contributed by atoms with Crippen LogP contribution in [-0.2, 0) is 21.7 Å². The number of carbonyl (C=O) groups is 3. The van der Waals surface area contributed by atoms with Crippen molar-refractivity contribution in [3.63, 3.8) is 0 Å². The van der Waals surface area contributed by atoms with Gasteiger partial charge in [-0.25, -0.2) is 18.3 Å². The molecular formula is C24H23F2N5O4. The molecule has 182 valence electrons. The van der Waals surface area contributed by atoms with Crippen molar-refractivity contribution in [3.05, 3.63) is 77.0 Å². The molecule has 4 rings (SSSR count). The number of halogens is 2. The molecule has 1 unspecified atom stereocenters. The van der Waals surface area contributed by atoms with Crippen molar-refractivity contribution < 1.29 is 27.9 Å². The van der Waals surface area contributed by atoms with Gasteiger partial charge in [-0.2, -0.15) is 5.10 Å². The Kier molecular flexibility index (Phi) is 6.25. The summed E-state index contributed by atoms with van der Waals surface area (Å²) in [7, 11) is 1.52. The van der Waals surface area contributed by atoms with E-state index in [0.29, 0.717) is 16.9 Å². The lowest BCUT2D eigenvalue weighted by molar-refractivity contribution is -0.133. The average Bonchev–Trinajstić information content (AvgIpc) is 3.28. The highest BCUT2D eigenvalue weighted by Crippen LogP contribution is 2.30. The fourth-order valence-electron chi connectivity index (χ4n) is 3.86. The van der Waals surface area contributed by atoms with E-state index >= 15 is 0 Å². The van der Waals surface area contributed by atoms with Gasteiger partial charge in [-0.15, -0.1) is 0 Å². The Bertz CT molecular complexity index is 1310. The van der Waals surface area contributed by atoms with Crippen LogP contribution in [0.3, 0.4) is 0 Å². The van der Waals surface area contributed by atoms with E-state index in [9.17, 15) is 23.2 Å². The standard InChI is InChI=1S/C24H23F2N5O4/c1-14-11-27-31(12-15-10-17(25)6-9-19(15)26)21(14)28-20(32)13-30-22(33)24(2,29-23(30)34)16-4-7-18(35-3)8-5-16/h4-11H,12-13H2,1-3H3,(H,28,32)(H,29,34). The first-order chi connectivity index (χ1) is 16.6. The molecule has 1 aromatic heterocycles. The number of amides is 4. The third-order valence-electron chi connectivity index (χ3n) is 5.85. The van der Waals surface area contributed by atoms with Gasteiger partial charge in [-0.05, 0) is 49.7 Å². The molecule has 4 amide bonds. The summed E-state index contributed by atoms with van der Waals surface area (Å²) >= 11 is 0. The summed E-state index contributed by atoms with van der Waals surface area (Å²) < 4.78 is 34.0. The van der Waals surface area contributed by atoms with Gasteiger partial charge < -0.3 is 15.4 Å². The van der Waals surface area contributed by atoms with Crippen molar-refractivity contribution in [1.82, 2.24) is 20.0 Å². The van der Waals surface area contributed by atoms with Crippen LogP contribution in [0.4, 0.5) is 19.4 Å². The predicted octanol–water partition coefficient (Wildman–Crippen LogP) is 2.93. The smallest absolute Gasteiger partial charge is 0.325 e. The molecule has 0 aliphatic carbocycles. The molecule has 1 fully saturated rings. The van der Waals surface area contributed by atoms with Gasteiger partial charge in [0, 0.05) is 11.1 Å². The summed E-state index contributed by atoms with van der Waals surface area (Å²) in [6.45, 7) is 2.55. The molecule has 0 spiro atoms. The molecule has 1 aliphatic rings. The number of hydrogen-bond donors (Lipinski definition) is 2.